The number of aliphatic carboxylic acids is 1. The van der Waals surface area contributed by atoms with Gasteiger partial charge in [-0.2, -0.15) is 4.98 Å². The van der Waals surface area contributed by atoms with Crippen molar-refractivity contribution in [2.45, 2.75) is 39.3 Å². The lowest BCUT2D eigenvalue weighted by atomic mass is 10.2. The SMILES string of the molecule is CCc1noc(CN(C)C(CC)C(=O)O)n1. The minimum Gasteiger partial charge on any atom is -0.480 e. The molecule has 1 unspecified atom stereocenters. The summed E-state index contributed by atoms with van der Waals surface area (Å²) < 4.78 is 5.00. The van der Waals surface area contributed by atoms with Gasteiger partial charge in [-0.15, -0.1) is 0 Å². The molecule has 1 N–H and O–H groups in total. The molecule has 0 aromatic carbocycles. The molecule has 0 aliphatic rings. The van der Waals surface area contributed by atoms with Crippen molar-refractivity contribution < 1.29 is 14.4 Å². The maximum absolute atomic E-state index is 10.9. The van der Waals surface area contributed by atoms with Crippen LogP contribution in [0.15, 0.2) is 4.52 Å². The highest BCUT2D eigenvalue weighted by molar-refractivity contribution is 5.73. The summed E-state index contributed by atoms with van der Waals surface area (Å²) in [5, 5.41) is 12.7. The third-order valence-electron chi connectivity index (χ3n) is 2.41. The second kappa shape index (κ2) is 5.60. The predicted octanol–water partition coefficient (Wildman–Crippen LogP) is 0.927. The smallest absolute Gasteiger partial charge is 0.320 e. The maximum atomic E-state index is 10.9. The summed E-state index contributed by atoms with van der Waals surface area (Å²) in [6, 6.07) is -0.517. The van der Waals surface area contributed by atoms with Crippen molar-refractivity contribution in [1.82, 2.24) is 15.0 Å². The summed E-state index contributed by atoms with van der Waals surface area (Å²) in [7, 11) is 1.73. The highest BCUT2D eigenvalue weighted by atomic mass is 16.5. The molecule has 16 heavy (non-hydrogen) atoms. The topological polar surface area (TPSA) is 79.5 Å². The first-order valence-corrected chi connectivity index (χ1v) is 5.33. The van der Waals surface area contributed by atoms with Crippen LogP contribution in [0.25, 0.3) is 0 Å². The molecule has 6 nitrogen and oxygen atoms in total. The molecular formula is C10H17N3O3. The van der Waals surface area contributed by atoms with Gasteiger partial charge >= 0.3 is 5.97 Å². The molecule has 1 atom stereocenters. The van der Waals surface area contributed by atoms with Crippen LogP contribution < -0.4 is 0 Å². The zero-order chi connectivity index (χ0) is 12.1. The summed E-state index contributed by atoms with van der Waals surface area (Å²) in [5.41, 5.74) is 0. The Bertz CT molecular complexity index is 351. The van der Waals surface area contributed by atoms with E-state index in [1.54, 1.807) is 11.9 Å². The Labute approximate surface area is 94.3 Å². The largest absolute Gasteiger partial charge is 0.480 e. The van der Waals surface area contributed by atoms with Gasteiger partial charge in [-0.3, -0.25) is 9.69 Å². The number of carbonyl (C=O) groups is 1. The fraction of sp³-hybridized carbons (Fsp3) is 0.700. The van der Waals surface area contributed by atoms with Crippen LogP contribution in [0.4, 0.5) is 0 Å². The molecule has 90 valence electrons. The second-order valence-electron chi connectivity index (χ2n) is 3.64. The Morgan fingerprint density at radius 1 is 1.56 bits per heavy atom. The van der Waals surface area contributed by atoms with E-state index in [9.17, 15) is 4.79 Å². The Morgan fingerprint density at radius 3 is 2.69 bits per heavy atom. The van der Waals surface area contributed by atoms with E-state index in [0.717, 1.165) is 0 Å². The number of hydrogen-bond donors (Lipinski definition) is 1. The number of hydrogen-bond acceptors (Lipinski definition) is 5. The minimum atomic E-state index is -0.833. The standard InChI is InChI=1S/C10H17N3O3/c1-4-7(10(14)15)13(3)6-9-11-8(5-2)12-16-9/h7H,4-6H2,1-3H3,(H,14,15). The third-order valence-corrected chi connectivity index (χ3v) is 2.41. The lowest BCUT2D eigenvalue weighted by molar-refractivity contribution is -0.143. The molecule has 0 fully saturated rings. The predicted molar refractivity (Wildman–Crippen MR) is 56.9 cm³/mol. The molecular weight excluding hydrogens is 210 g/mol. The molecule has 1 aromatic heterocycles. The van der Waals surface area contributed by atoms with E-state index in [1.807, 2.05) is 13.8 Å². The van der Waals surface area contributed by atoms with Crippen molar-refractivity contribution in [3.05, 3.63) is 11.7 Å². The van der Waals surface area contributed by atoms with Crippen molar-refractivity contribution in [2.24, 2.45) is 0 Å². The number of aromatic nitrogens is 2. The van der Waals surface area contributed by atoms with Gasteiger partial charge in [0.15, 0.2) is 5.82 Å². The van der Waals surface area contributed by atoms with E-state index in [1.165, 1.54) is 0 Å². The maximum Gasteiger partial charge on any atom is 0.320 e. The fourth-order valence-electron chi connectivity index (χ4n) is 1.50. The molecule has 0 saturated carbocycles. The molecule has 0 saturated heterocycles. The van der Waals surface area contributed by atoms with Crippen LogP contribution in [-0.4, -0.2) is 39.2 Å². The van der Waals surface area contributed by atoms with Gasteiger partial charge in [0, 0.05) is 6.42 Å². The molecule has 1 aromatic rings. The van der Waals surface area contributed by atoms with Gasteiger partial charge in [0.1, 0.15) is 6.04 Å². The Balaban J connectivity index is 2.62. The van der Waals surface area contributed by atoms with E-state index in [4.69, 9.17) is 9.63 Å². The first-order chi connectivity index (χ1) is 7.58. The van der Waals surface area contributed by atoms with Crippen LogP contribution in [0.5, 0.6) is 0 Å². The van der Waals surface area contributed by atoms with Gasteiger partial charge in [-0.05, 0) is 13.5 Å². The van der Waals surface area contributed by atoms with Crippen LogP contribution in [0.2, 0.25) is 0 Å². The monoisotopic (exact) mass is 227 g/mol. The normalized spacial score (nSPS) is 13.0. The zero-order valence-electron chi connectivity index (χ0n) is 9.80. The molecule has 0 amide bonds. The average Bonchev–Trinajstić information content (AvgIpc) is 2.65. The van der Waals surface area contributed by atoms with Crippen molar-refractivity contribution in [3.8, 4) is 0 Å². The van der Waals surface area contributed by atoms with Crippen molar-refractivity contribution in [3.63, 3.8) is 0 Å². The van der Waals surface area contributed by atoms with Gasteiger partial charge in [0.25, 0.3) is 0 Å². The summed E-state index contributed by atoms with van der Waals surface area (Å²) >= 11 is 0. The van der Waals surface area contributed by atoms with Gasteiger partial charge in [-0.1, -0.05) is 19.0 Å². The first-order valence-electron chi connectivity index (χ1n) is 5.33. The fourth-order valence-corrected chi connectivity index (χ4v) is 1.50. The van der Waals surface area contributed by atoms with E-state index >= 15 is 0 Å². The van der Waals surface area contributed by atoms with Crippen LogP contribution >= 0.6 is 0 Å². The number of likely N-dealkylation sites (N-methyl/N-ethyl adjacent to an activating group) is 1. The van der Waals surface area contributed by atoms with Gasteiger partial charge < -0.3 is 9.63 Å². The van der Waals surface area contributed by atoms with E-state index in [0.29, 0.717) is 31.1 Å². The van der Waals surface area contributed by atoms with Crippen molar-refractivity contribution in [2.75, 3.05) is 7.05 Å². The van der Waals surface area contributed by atoms with Crippen LogP contribution in [0.1, 0.15) is 32.0 Å². The molecule has 0 radical (unpaired) electrons. The van der Waals surface area contributed by atoms with Gasteiger partial charge in [0.05, 0.1) is 6.54 Å². The van der Waals surface area contributed by atoms with E-state index in [2.05, 4.69) is 10.1 Å². The number of nitrogens with zero attached hydrogens (tertiary/aromatic N) is 3. The average molecular weight is 227 g/mol. The van der Waals surface area contributed by atoms with Crippen LogP contribution in [0.3, 0.4) is 0 Å². The number of carboxylic acid groups (broad SMARTS) is 1. The van der Waals surface area contributed by atoms with Crippen molar-refractivity contribution in [1.29, 1.82) is 0 Å². The van der Waals surface area contributed by atoms with Gasteiger partial charge in [0.2, 0.25) is 5.89 Å². The number of carboxylic acids is 1. The summed E-state index contributed by atoms with van der Waals surface area (Å²) in [6.07, 6.45) is 1.25. The first kappa shape index (κ1) is 12.6. The highest BCUT2D eigenvalue weighted by Crippen LogP contribution is 2.07. The lowest BCUT2D eigenvalue weighted by Gasteiger charge is -2.21. The van der Waals surface area contributed by atoms with E-state index < -0.39 is 12.0 Å². The summed E-state index contributed by atoms with van der Waals surface area (Å²) in [6.45, 7) is 4.13. The Kier molecular flexibility index (Phi) is 4.42. The number of aryl methyl sites for hydroxylation is 1. The Morgan fingerprint density at radius 2 is 2.25 bits per heavy atom. The molecule has 1 heterocycles. The Hall–Kier alpha value is -1.43. The molecule has 0 spiro atoms. The zero-order valence-corrected chi connectivity index (χ0v) is 9.80. The summed E-state index contributed by atoms with van der Waals surface area (Å²) in [4.78, 5) is 16.7. The third kappa shape index (κ3) is 3.03. The second-order valence-corrected chi connectivity index (χ2v) is 3.64. The minimum absolute atomic E-state index is 0.359. The van der Waals surface area contributed by atoms with E-state index in [-0.39, 0.29) is 0 Å². The molecule has 0 aliphatic carbocycles. The molecule has 0 aliphatic heterocycles. The molecule has 0 bridgehead atoms. The van der Waals surface area contributed by atoms with Gasteiger partial charge in [-0.25, -0.2) is 0 Å². The van der Waals surface area contributed by atoms with Crippen molar-refractivity contribution >= 4 is 5.97 Å². The quantitative estimate of drug-likeness (QED) is 0.778. The molecule has 6 heteroatoms. The lowest BCUT2D eigenvalue weighted by Crippen LogP contribution is -2.37. The van der Waals surface area contributed by atoms with Crippen LogP contribution in [-0.2, 0) is 17.8 Å². The highest BCUT2D eigenvalue weighted by Gasteiger charge is 2.22. The molecule has 1 rings (SSSR count). The number of rotatable bonds is 6. The summed E-state index contributed by atoms with van der Waals surface area (Å²) in [5.74, 6) is 0.269. The van der Waals surface area contributed by atoms with Crippen LogP contribution in [0, 0.1) is 0 Å².